The zero-order valence-corrected chi connectivity index (χ0v) is 16.3. The van der Waals surface area contributed by atoms with E-state index in [1.54, 1.807) is 12.1 Å². The molecule has 1 aromatic rings. The van der Waals surface area contributed by atoms with E-state index in [2.05, 4.69) is 5.32 Å². The fourth-order valence-corrected chi connectivity index (χ4v) is 3.61. The van der Waals surface area contributed by atoms with Crippen LogP contribution in [0.2, 0.25) is 0 Å². The van der Waals surface area contributed by atoms with E-state index in [1.807, 2.05) is 26.0 Å². The highest BCUT2D eigenvalue weighted by Crippen LogP contribution is 2.53. The fourth-order valence-electron chi connectivity index (χ4n) is 3.61. The van der Waals surface area contributed by atoms with Gasteiger partial charge in [-0.1, -0.05) is 26.0 Å². The number of esters is 2. The van der Waals surface area contributed by atoms with E-state index in [1.165, 1.54) is 14.2 Å². The highest BCUT2D eigenvalue weighted by molar-refractivity contribution is 5.85. The molecule has 3 atom stereocenters. The summed E-state index contributed by atoms with van der Waals surface area (Å²) in [5, 5.41) is 2.76. The molecule has 0 saturated heterocycles. The molecule has 7 heteroatoms. The number of nitrogen functional groups attached to an aromatic ring is 1. The molecule has 0 bridgehead atoms. The van der Waals surface area contributed by atoms with Crippen molar-refractivity contribution in [3.05, 3.63) is 29.8 Å². The summed E-state index contributed by atoms with van der Waals surface area (Å²) in [4.78, 5) is 36.4. The third kappa shape index (κ3) is 4.78. The second-order valence-electron chi connectivity index (χ2n) is 7.62. The zero-order valence-electron chi connectivity index (χ0n) is 16.3. The number of anilines is 1. The van der Waals surface area contributed by atoms with Crippen LogP contribution in [-0.2, 0) is 30.3 Å². The molecule has 148 valence electrons. The van der Waals surface area contributed by atoms with E-state index < -0.39 is 12.0 Å². The lowest BCUT2D eigenvalue weighted by Gasteiger charge is -2.50. The van der Waals surface area contributed by atoms with Gasteiger partial charge in [-0.3, -0.25) is 9.59 Å². The predicted octanol–water partition coefficient (Wildman–Crippen LogP) is 1.69. The highest BCUT2D eigenvalue weighted by atomic mass is 16.5. The minimum absolute atomic E-state index is 0.0522. The third-order valence-corrected chi connectivity index (χ3v) is 5.63. The molecule has 0 radical (unpaired) electrons. The average molecular weight is 376 g/mol. The van der Waals surface area contributed by atoms with Gasteiger partial charge in [0.15, 0.2) is 0 Å². The van der Waals surface area contributed by atoms with Gasteiger partial charge in [0, 0.05) is 18.5 Å². The number of carbonyl (C=O) groups is 3. The zero-order chi connectivity index (χ0) is 20.2. The smallest absolute Gasteiger partial charge is 0.328 e. The van der Waals surface area contributed by atoms with Crippen molar-refractivity contribution >= 4 is 23.5 Å². The van der Waals surface area contributed by atoms with E-state index in [0.717, 1.165) is 5.56 Å². The first-order chi connectivity index (χ1) is 12.7. The summed E-state index contributed by atoms with van der Waals surface area (Å²) in [7, 11) is 2.66. The van der Waals surface area contributed by atoms with Gasteiger partial charge < -0.3 is 20.5 Å². The predicted molar refractivity (Wildman–Crippen MR) is 101 cm³/mol. The van der Waals surface area contributed by atoms with Crippen molar-refractivity contribution in [1.29, 1.82) is 0 Å². The average Bonchev–Trinajstić information content (AvgIpc) is 2.64. The number of carbonyl (C=O) groups excluding carboxylic acids is 3. The summed E-state index contributed by atoms with van der Waals surface area (Å²) in [6, 6.07) is 6.34. The normalized spacial score (nSPS) is 21.5. The van der Waals surface area contributed by atoms with Gasteiger partial charge in [0.1, 0.15) is 6.04 Å². The number of nitrogens with two attached hydrogens (primary N) is 1. The third-order valence-electron chi connectivity index (χ3n) is 5.63. The Morgan fingerprint density at radius 3 is 2.33 bits per heavy atom. The van der Waals surface area contributed by atoms with Crippen LogP contribution >= 0.6 is 0 Å². The minimum Gasteiger partial charge on any atom is -0.469 e. The number of methoxy groups -OCH3 is 2. The molecule has 1 aliphatic rings. The van der Waals surface area contributed by atoms with Crippen LogP contribution in [0.1, 0.15) is 32.3 Å². The molecule has 0 aliphatic heterocycles. The number of amides is 1. The van der Waals surface area contributed by atoms with Gasteiger partial charge >= 0.3 is 11.9 Å². The quantitative estimate of drug-likeness (QED) is 0.554. The summed E-state index contributed by atoms with van der Waals surface area (Å²) in [5.74, 6) is -1.13. The van der Waals surface area contributed by atoms with Gasteiger partial charge in [-0.15, -0.1) is 0 Å². The number of nitrogens with one attached hydrogen (secondary N) is 1. The molecular weight excluding hydrogens is 348 g/mol. The van der Waals surface area contributed by atoms with Crippen LogP contribution in [0.15, 0.2) is 24.3 Å². The Hall–Kier alpha value is -2.57. The second kappa shape index (κ2) is 8.41. The summed E-state index contributed by atoms with van der Waals surface area (Å²) in [6.07, 6.45) is 1.17. The molecule has 27 heavy (non-hydrogen) atoms. The van der Waals surface area contributed by atoms with Crippen molar-refractivity contribution in [2.24, 2.45) is 17.3 Å². The Kier molecular flexibility index (Phi) is 6.46. The van der Waals surface area contributed by atoms with Crippen molar-refractivity contribution in [2.75, 3.05) is 20.0 Å². The van der Waals surface area contributed by atoms with Crippen LogP contribution < -0.4 is 11.1 Å². The first-order valence-corrected chi connectivity index (χ1v) is 8.98. The van der Waals surface area contributed by atoms with E-state index in [-0.39, 0.29) is 35.5 Å². The Labute approximate surface area is 159 Å². The number of hydrogen-bond donors (Lipinski definition) is 2. The molecule has 1 amide bonds. The Bertz CT molecular complexity index is 699. The minimum atomic E-state index is -0.772. The number of ether oxygens (including phenoxy) is 2. The van der Waals surface area contributed by atoms with Gasteiger partial charge in [0.25, 0.3) is 0 Å². The molecule has 1 aromatic carbocycles. The Morgan fingerprint density at radius 1 is 1.19 bits per heavy atom. The molecule has 1 fully saturated rings. The Balaban J connectivity index is 1.97. The molecule has 7 nitrogen and oxygen atoms in total. The maximum Gasteiger partial charge on any atom is 0.328 e. The highest BCUT2D eigenvalue weighted by Gasteiger charge is 2.52. The number of benzene rings is 1. The molecule has 0 aromatic heterocycles. The first-order valence-electron chi connectivity index (χ1n) is 8.98. The summed E-state index contributed by atoms with van der Waals surface area (Å²) >= 11 is 0. The van der Waals surface area contributed by atoms with Crippen molar-refractivity contribution in [3.63, 3.8) is 0 Å². The van der Waals surface area contributed by atoms with Gasteiger partial charge in [-0.25, -0.2) is 4.79 Å². The largest absolute Gasteiger partial charge is 0.469 e. The molecule has 3 N–H and O–H groups in total. The molecule has 1 saturated carbocycles. The maximum atomic E-state index is 12.5. The lowest BCUT2D eigenvalue weighted by atomic mass is 9.54. The molecule has 0 spiro atoms. The van der Waals surface area contributed by atoms with E-state index in [4.69, 9.17) is 15.2 Å². The summed E-state index contributed by atoms with van der Waals surface area (Å²) < 4.78 is 9.64. The first kappa shape index (κ1) is 20.7. The van der Waals surface area contributed by atoms with E-state index in [9.17, 15) is 14.4 Å². The molecule has 0 heterocycles. The van der Waals surface area contributed by atoms with Crippen LogP contribution in [0.3, 0.4) is 0 Å². The van der Waals surface area contributed by atoms with Crippen LogP contribution in [0.4, 0.5) is 5.69 Å². The van der Waals surface area contributed by atoms with Gasteiger partial charge in [0.05, 0.1) is 20.1 Å². The van der Waals surface area contributed by atoms with Gasteiger partial charge in [0.2, 0.25) is 5.91 Å². The molecule has 2 rings (SSSR count). The van der Waals surface area contributed by atoms with Crippen molar-refractivity contribution in [3.8, 4) is 0 Å². The molecule has 2 unspecified atom stereocenters. The fraction of sp³-hybridized carbons (Fsp3) is 0.550. The molecular formula is C20H28N2O5. The second-order valence-corrected chi connectivity index (χ2v) is 7.62. The summed E-state index contributed by atoms with van der Waals surface area (Å²) in [6.45, 7) is 3.92. The monoisotopic (exact) mass is 376 g/mol. The number of hydrogen-bond acceptors (Lipinski definition) is 6. The van der Waals surface area contributed by atoms with Gasteiger partial charge in [-0.05, 0) is 35.4 Å². The lowest BCUT2D eigenvalue weighted by molar-refractivity contribution is -0.164. The van der Waals surface area contributed by atoms with Crippen molar-refractivity contribution in [1.82, 2.24) is 5.32 Å². The topological polar surface area (TPSA) is 108 Å². The standard InChI is InChI=1S/C20H28N2O5/c1-20(2)13(10-15(20)18(24)26-3)11-17(23)22-16(19(25)27-4)9-12-5-7-14(21)8-6-12/h5-8,13,15-16H,9-11,21H2,1-4H3,(H,22,23)/t13?,15?,16-/m0/s1. The van der Waals surface area contributed by atoms with E-state index in [0.29, 0.717) is 18.5 Å². The summed E-state index contributed by atoms with van der Waals surface area (Å²) in [5.41, 5.74) is 6.86. The Morgan fingerprint density at radius 2 is 1.81 bits per heavy atom. The van der Waals surface area contributed by atoms with Gasteiger partial charge in [-0.2, -0.15) is 0 Å². The van der Waals surface area contributed by atoms with Crippen LogP contribution in [-0.4, -0.2) is 38.1 Å². The van der Waals surface area contributed by atoms with Crippen molar-refractivity contribution < 1.29 is 23.9 Å². The van der Waals surface area contributed by atoms with Crippen molar-refractivity contribution in [2.45, 2.75) is 39.2 Å². The lowest BCUT2D eigenvalue weighted by Crippen LogP contribution is -2.52. The maximum absolute atomic E-state index is 12.5. The number of rotatable bonds is 7. The van der Waals surface area contributed by atoms with Crippen LogP contribution in [0.5, 0.6) is 0 Å². The van der Waals surface area contributed by atoms with Crippen LogP contribution in [0.25, 0.3) is 0 Å². The van der Waals surface area contributed by atoms with E-state index >= 15 is 0 Å². The SMILES string of the molecule is COC(=O)C1CC(CC(=O)N[C@@H](Cc2ccc(N)cc2)C(=O)OC)C1(C)C. The molecule has 1 aliphatic carbocycles. The van der Waals surface area contributed by atoms with Crippen LogP contribution in [0, 0.1) is 17.3 Å².